The molecule has 4 aromatic rings. The average molecular weight is 580 g/mol. The molecule has 1 aliphatic rings. The fourth-order valence-electron chi connectivity index (χ4n) is 5.02. The van der Waals surface area contributed by atoms with E-state index in [9.17, 15) is 9.59 Å². The summed E-state index contributed by atoms with van der Waals surface area (Å²) in [7, 11) is 4.86. The molecule has 0 aliphatic carbocycles. The van der Waals surface area contributed by atoms with Crippen molar-refractivity contribution in [3.05, 3.63) is 91.6 Å². The second-order valence-electron chi connectivity index (χ2n) is 10.0. The molecule has 2 heterocycles. The van der Waals surface area contributed by atoms with Crippen molar-refractivity contribution in [3.8, 4) is 23.0 Å². The van der Waals surface area contributed by atoms with Crippen LogP contribution in [-0.4, -0.2) is 47.9 Å². The van der Waals surface area contributed by atoms with Crippen LogP contribution in [0.3, 0.4) is 0 Å². The highest BCUT2D eigenvalue weighted by Gasteiger charge is 2.23. The van der Waals surface area contributed by atoms with Gasteiger partial charge in [0.1, 0.15) is 29.7 Å². The Hall–Kier alpha value is -3.95. The molecule has 41 heavy (non-hydrogen) atoms. The summed E-state index contributed by atoms with van der Waals surface area (Å²) in [5.74, 6) is 2.04. The van der Waals surface area contributed by atoms with Crippen LogP contribution in [0, 0.1) is 0 Å². The fraction of sp³-hybridized carbons (Fsp3) is 0.355. The van der Waals surface area contributed by atoms with Gasteiger partial charge in [0.25, 0.3) is 5.56 Å². The molecular weight excluding hydrogens is 546 g/mol. The van der Waals surface area contributed by atoms with E-state index in [-0.39, 0.29) is 35.9 Å². The first-order valence-electron chi connectivity index (χ1n) is 13.6. The molecular formula is C31H34ClN3O6. The van der Waals surface area contributed by atoms with Crippen LogP contribution in [0.15, 0.2) is 64.2 Å². The lowest BCUT2D eigenvalue weighted by molar-refractivity contribution is 0.256. The summed E-state index contributed by atoms with van der Waals surface area (Å²) in [6.45, 7) is 3.26. The first-order valence-corrected chi connectivity index (χ1v) is 14.0. The maximum atomic E-state index is 13.7. The Morgan fingerprint density at radius 3 is 1.93 bits per heavy atom. The van der Waals surface area contributed by atoms with E-state index in [0.717, 1.165) is 48.6 Å². The molecule has 0 bridgehead atoms. The Morgan fingerprint density at radius 1 is 0.805 bits per heavy atom. The predicted molar refractivity (Wildman–Crippen MR) is 159 cm³/mol. The van der Waals surface area contributed by atoms with Gasteiger partial charge >= 0.3 is 5.69 Å². The second-order valence-corrected chi connectivity index (χ2v) is 10.4. The largest absolute Gasteiger partial charge is 0.497 e. The molecule has 0 N–H and O–H groups in total. The number of likely N-dealkylation sites (tertiary alicyclic amines) is 1. The molecule has 0 atom stereocenters. The van der Waals surface area contributed by atoms with Crippen molar-refractivity contribution in [2.45, 2.75) is 32.6 Å². The van der Waals surface area contributed by atoms with E-state index >= 15 is 0 Å². The smallest absolute Gasteiger partial charge is 0.331 e. The van der Waals surface area contributed by atoms with Gasteiger partial charge in [-0.25, -0.2) is 4.79 Å². The van der Waals surface area contributed by atoms with Crippen molar-refractivity contribution < 1.29 is 18.9 Å². The van der Waals surface area contributed by atoms with Crippen LogP contribution in [-0.2, 0) is 26.8 Å². The number of ether oxygens (including phenoxy) is 4. The van der Waals surface area contributed by atoms with Crippen LogP contribution < -0.4 is 30.2 Å². The van der Waals surface area contributed by atoms with Crippen molar-refractivity contribution in [1.29, 1.82) is 0 Å². The van der Waals surface area contributed by atoms with E-state index in [1.54, 1.807) is 27.3 Å². The van der Waals surface area contributed by atoms with Gasteiger partial charge in [-0.3, -0.25) is 13.9 Å². The summed E-state index contributed by atoms with van der Waals surface area (Å²) >= 11 is 6.93. The molecule has 0 amide bonds. The molecule has 0 saturated carbocycles. The van der Waals surface area contributed by atoms with Gasteiger partial charge in [0.15, 0.2) is 11.5 Å². The lowest BCUT2D eigenvalue weighted by Gasteiger charge is -2.19. The zero-order valence-electron chi connectivity index (χ0n) is 23.5. The van der Waals surface area contributed by atoms with Crippen molar-refractivity contribution >= 4 is 22.5 Å². The number of halogens is 1. The van der Waals surface area contributed by atoms with Gasteiger partial charge < -0.3 is 23.8 Å². The minimum Gasteiger partial charge on any atom is -0.497 e. The van der Waals surface area contributed by atoms with Crippen molar-refractivity contribution in [1.82, 2.24) is 14.0 Å². The molecule has 9 nitrogen and oxygen atoms in total. The highest BCUT2D eigenvalue weighted by Crippen LogP contribution is 2.40. The van der Waals surface area contributed by atoms with Gasteiger partial charge in [-0.1, -0.05) is 35.9 Å². The van der Waals surface area contributed by atoms with E-state index in [1.165, 1.54) is 9.13 Å². The number of fused-ring (bicyclic) bond motifs is 1. The number of hydrogen-bond acceptors (Lipinski definition) is 7. The van der Waals surface area contributed by atoms with E-state index in [0.29, 0.717) is 17.8 Å². The van der Waals surface area contributed by atoms with Crippen LogP contribution in [0.2, 0.25) is 5.02 Å². The summed E-state index contributed by atoms with van der Waals surface area (Å²) in [4.78, 5) is 29.2. The first-order chi connectivity index (χ1) is 19.9. The van der Waals surface area contributed by atoms with E-state index in [4.69, 9.17) is 30.5 Å². The number of benzene rings is 3. The van der Waals surface area contributed by atoms with Crippen molar-refractivity contribution in [3.63, 3.8) is 0 Å². The molecule has 1 aliphatic heterocycles. The third-order valence-electron chi connectivity index (χ3n) is 7.44. The Morgan fingerprint density at radius 2 is 1.37 bits per heavy atom. The summed E-state index contributed by atoms with van der Waals surface area (Å²) < 4.78 is 25.6. The van der Waals surface area contributed by atoms with Crippen LogP contribution in [0.1, 0.15) is 24.0 Å². The first kappa shape index (κ1) is 28.6. The number of nitrogens with zero attached hydrogens (tertiary/aromatic N) is 3. The third-order valence-corrected chi connectivity index (χ3v) is 7.80. The number of rotatable bonds is 11. The van der Waals surface area contributed by atoms with Crippen molar-refractivity contribution in [2.24, 2.45) is 7.05 Å². The van der Waals surface area contributed by atoms with E-state index in [2.05, 4.69) is 4.90 Å². The number of aryl methyl sites for hydroxylation is 1. The second kappa shape index (κ2) is 12.7. The fourth-order valence-corrected chi connectivity index (χ4v) is 5.34. The molecule has 1 aromatic heterocycles. The molecule has 0 unspecified atom stereocenters. The Labute approximate surface area is 243 Å². The lowest BCUT2D eigenvalue weighted by Crippen LogP contribution is -2.41. The third kappa shape index (κ3) is 6.21. The Bertz CT molecular complexity index is 1620. The zero-order valence-corrected chi connectivity index (χ0v) is 24.3. The van der Waals surface area contributed by atoms with Crippen molar-refractivity contribution in [2.75, 3.05) is 33.9 Å². The zero-order chi connectivity index (χ0) is 28.9. The van der Waals surface area contributed by atoms with Crippen LogP contribution in [0.25, 0.3) is 10.9 Å². The summed E-state index contributed by atoms with van der Waals surface area (Å²) in [5, 5.41) is 0.327. The summed E-state index contributed by atoms with van der Waals surface area (Å²) in [5.41, 5.74) is 1.32. The predicted octanol–water partition coefficient (Wildman–Crippen LogP) is 4.62. The lowest BCUT2D eigenvalue weighted by atomic mass is 10.2. The van der Waals surface area contributed by atoms with E-state index < -0.39 is 11.2 Å². The molecule has 5 rings (SSSR count). The Balaban J connectivity index is 1.53. The topological polar surface area (TPSA) is 84.2 Å². The molecule has 0 radical (unpaired) electrons. The molecule has 10 heteroatoms. The summed E-state index contributed by atoms with van der Waals surface area (Å²) in [6, 6.07) is 16.6. The summed E-state index contributed by atoms with van der Waals surface area (Å²) in [6.07, 6.45) is 2.26. The van der Waals surface area contributed by atoms with Crippen LogP contribution in [0.4, 0.5) is 0 Å². The molecule has 1 saturated heterocycles. The monoisotopic (exact) mass is 579 g/mol. The Kier molecular flexibility index (Phi) is 8.85. The van der Waals surface area contributed by atoms with Crippen LogP contribution in [0.5, 0.6) is 23.0 Å². The standard InChI is InChI=1S/C31H34ClN3O6/c1-33-25-18-26(40-19-21-6-10-23(38-2)11-7-21)29(41-20-22-8-12-24(39-3)13-9-22)28(32)27(25)30(36)35(31(33)37)17-16-34-14-4-5-15-34/h6-13,18H,4-5,14-17,19-20H2,1-3H3. The highest BCUT2D eigenvalue weighted by molar-refractivity contribution is 6.37. The van der Waals surface area contributed by atoms with E-state index in [1.807, 2.05) is 48.5 Å². The average Bonchev–Trinajstić information content (AvgIpc) is 3.52. The quantitative estimate of drug-likeness (QED) is 0.256. The number of hydrogen-bond donors (Lipinski definition) is 0. The molecule has 216 valence electrons. The molecule has 1 fully saturated rings. The number of methoxy groups -OCH3 is 2. The number of aromatic nitrogens is 2. The maximum Gasteiger partial charge on any atom is 0.331 e. The van der Waals surface area contributed by atoms with Gasteiger partial charge in [-0.15, -0.1) is 0 Å². The van der Waals surface area contributed by atoms with Crippen LogP contribution >= 0.6 is 11.6 Å². The van der Waals surface area contributed by atoms with Gasteiger partial charge in [0, 0.05) is 26.2 Å². The van der Waals surface area contributed by atoms with Gasteiger partial charge in [0.2, 0.25) is 0 Å². The minimum atomic E-state index is -0.441. The van der Waals surface area contributed by atoms with Gasteiger partial charge in [-0.2, -0.15) is 0 Å². The SMILES string of the molecule is COc1ccc(COc2cc3c(c(Cl)c2OCc2ccc(OC)cc2)c(=O)n(CCN2CCCC2)c(=O)n3C)cc1. The highest BCUT2D eigenvalue weighted by atomic mass is 35.5. The molecule has 0 spiro atoms. The van der Waals surface area contributed by atoms with Gasteiger partial charge in [-0.05, 0) is 61.3 Å². The molecule has 3 aromatic carbocycles. The maximum absolute atomic E-state index is 13.7. The minimum absolute atomic E-state index is 0.108. The normalized spacial score (nSPS) is 13.5. The van der Waals surface area contributed by atoms with Gasteiger partial charge in [0.05, 0.1) is 25.1 Å².